The third-order valence-electron chi connectivity index (χ3n) is 3.09. The molecule has 100 valence electrons. The van der Waals surface area contributed by atoms with E-state index in [2.05, 4.69) is 0 Å². The third-order valence-corrected chi connectivity index (χ3v) is 3.09. The molecule has 2 aromatic carbocycles. The lowest BCUT2D eigenvalue weighted by Gasteiger charge is -2.06. The van der Waals surface area contributed by atoms with Crippen LogP contribution in [0.3, 0.4) is 0 Å². The first-order chi connectivity index (χ1) is 9.59. The second kappa shape index (κ2) is 4.31. The highest BCUT2D eigenvalue weighted by Crippen LogP contribution is 2.34. The van der Waals surface area contributed by atoms with Crippen molar-refractivity contribution in [2.75, 3.05) is 0 Å². The quantitative estimate of drug-likeness (QED) is 0.591. The van der Waals surface area contributed by atoms with Crippen molar-refractivity contribution in [2.45, 2.75) is 0 Å². The predicted molar refractivity (Wildman–Crippen MR) is 72.9 cm³/mol. The zero-order valence-corrected chi connectivity index (χ0v) is 10.2. The first kappa shape index (κ1) is 12.1. The lowest BCUT2D eigenvalue weighted by molar-refractivity contribution is 0.399. The SMILES string of the molecule is O=c1c(-c2ccccc2O)coc2c(O)c(O)ccc12. The highest BCUT2D eigenvalue weighted by Gasteiger charge is 2.15. The maximum atomic E-state index is 12.4. The van der Waals surface area contributed by atoms with Crippen molar-refractivity contribution >= 4 is 11.0 Å². The summed E-state index contributed by atoms with van der Waals surface area (Å²) in [6.45, 7) is 0. The summed E-state index contributed by atoms with van der Waals surface area (Å²) >= 11 is 0. The molecule has 0 aliphatic heterocycles. The van der Waals surface area contributed by atoms with Crippen LogP contribution in [0.15, 0.2) is 51.9 Å². The van der Waals surface area contributed by atoms with Crippen LogP contribution in [0.25, 0.3) is 22.1 Å². The van der Waals surface area contributed by atoms with Gasteiger partial charge in [-0.25, -0.2) is 0 Å². The summed E-state index contributed by atoms with van der Waals surface area (Å²) in [5, 5.41) is 29.0. The van der Waals surface area contributed by atoms with Crippen LogP contribution in [0.5, 0.6) is 17.2 Å². The summed E-state index contributed by atoms with van der Waals surface area (Å²) in [6, 6.07) is 8.96. The predicted octanol–water partition coefficient (Wildman–Crippen LogP) is 2.58. The van der Waals surface area contributed by atoms with Crippen LogP contribution in [0.4, 0.5) is 0 Å². The van der Waals surface area contributed by atoms with Crippen LogP contribution >= 0.6 is 0 Å². The van der Waals surface area contributed by atoms with E-state index in [9.17, 15) is 20.1 Å². The maximum Gasteiger partial charge on any atom is 0.201 e. The van der Waals surface area contributed by atoms with Gasteiger partial charge >= 0.3 is 0 Å². The average molecular weight is 270 g/mol. The topological polar surface area (TPSA) is 90.9 Å². The Kier molecular flexibility index (Phi) is 2.61. The van der Waals surface area contributed by atoms with Crippen molar-refractivity contribution in [3.63, 3.8) is 0 Å². The number of benzene rings is 2. The van der Waals surface area contributed by atoms with E-state index in [1.165, 1.54) is 18.2 Å². The fourth-order valence-electron chi connectivity index (χ4n) is 2.06. The van der Waals surface area contributed by atoms with Gasteiger partial charge in [0.1, 0.15) is 12.0 Å². The standard InChI is InChI=1S/C15H10O5/c16-11-4-2-1-3-8(11)10-7-20-15-9(13(10)18)5-6-12(17)14(15)19/h1-7,16-17,19H. The van der Waals surface area contributed by atoms with Gasteiger partial charge in [-0.3, -0.25) is 4.79 Å². The smallest absolute Gasteiger partial charge is 0.201 e. The number of aromatic hydroxyl groups is 3. The Labute approximate surface area is 113 Å². The molecule has 5 heteroatoms. The minimum Gasteiger partial charge on any atom is -0.507 e. The Morgan fingerprint density at radius 1 is 0.850 bits per heavy atom. The molecule has 0 atom stereocenters. The van der Waals surface area contributed by atoms with Crippen LogP contribution in [-0.2, 0) is 0 Å². The summed E-state index contributed by atoms with van der Waals surface area (Å²) in [7, 11) is 0. The fourth-order valence-corrected chi connectivity index (χ4v) is 2.06. The van der Waals surface area contributed by atoms with Crippen LogP contribution in [0.1, 0.15) is 0 Å². The van der Waals surface area contributed by atoms with Gasteiger partial charge < -0.3 is 19.7 Å². The van der Waals surface area contributed by atoms with Gasteiger partial charge in [0.05, 0.1) is 10.9 Å². The molecule has 1 aromatic heterocycles. The summed E-state index contributed by atoms with van der Waals surface area (Å²) in [4.78, 5) is 12.4. The third kappa shape index (κ3) is 1.68. The van der Waals surface area contributed by atoms with Gasteiger partial charge in [0.15, 0.2) is 11.3 Å². The monoisotopic (exact) mass is 270 g/mol. The maximum absolute atomic E-state index is 12.4. The minimum absolute atomic E-state index is 0.0397. The Morgan fingerprint density at radius 2 is 1.60 bits per heavy atom. The van der Waals surface area contributed by atoms with E-state index >= 15 is 0 Å². The Morgan fingerprint density at radius 3 is 2.35 bits per heavy atom. The van der Waals surface area contributed by atoms with Crippen molar-refractivity contribution in [1.82, 2.24) is 0 Å². The second-order valence-electron chi connectivity index (χ2n) is 4.31. The number of para-hydroxylation sites is 1. The number of phenolic OH excluding ortho intramolecular Hbond substituents is 3. The first-order valence-electron chi connectivity index (χ1n) is 5.84. The molecule has 0 spiro atoms. The molecule has 0 aliphatic carbocycles. The van der Waals surface area contributed by atoms with Gasteiger partial charge in [-0.05, 0) is 18.2 Å². The fraction of sp³-hybridized carbons (Fsp3) is 0. The van der Waals surface area contributed by atoms with Gasteiger partial charge in [0.25, 0.3) is 0 Å². The molecule has 0 aliphatic rings. The van der Waals surface area contributed by atoms with Crippen LogP contribution in [0, 0.1) is 0 Å². The van der Waals surface area contributed by atoms with E-state index in [0.29, 0.717) is 5.56 Å². The molecule has 1 heterocycles. The van der Waals surface area contributed by atoms with E-state index in [1.54, 1.807) is 18.2 Å². The van der Waals surface area contributed by atoms with Crippen molar-refractivity contribution < 1.29 is 19.7 Å². The number of hydrogen-bond acceptors (Lipinski definition) is 5. The number of phenols is 3. The highest BCUT2D eigenvalue weighted by atomic mass is 16.4. The molecule has 0 saturated carbocycles. The second-order valence-corrected chi connectivity index (χ2v) is 4.31. The van der Waals surface area contributed by atoms with Gasteiger partial charge in [0.2, 0.25) is 11.2 Å². The van der Waals surface area contributed by atoms with E-state index in [0.717, 1.165) is 6.26 Å². The summed E-state index contributed by atoms with van der Waals surface area (Å²) in [6.07, 6.45) is 1.15. The Balaban J connectivity index is 2.36. The zero-order chi connectivity index (χ0) is 14.3. The van der Waals surface area contributed by atoms with Gasteiger partial charge in [0, 0.05) is 5.56 Å². The minimum atomic E-state index is -0.483. The van der Waals surface area contributed by atoms with Gasteiger partial charge in [-0.1, -0.05) is 18.2 Å². The lowest BCUT2D eigenvalue weighted by Crippen LogP contribution is -2.04. The number of rotatable bonds is 1. The van der Waals surface area contributed by atoms with Crippen molar-refractivity contribution in [3.8, 4) is 28.4 Å². The van der Waals surface area contributed by atoms with Gasteiger partial charge in [-0.15, -0.1) is 0 Å². The van der Waals surface area contributed by atoms with E-state index in [-0.39, 0.29) is 28.0 Å². The molecule has 0 saturated heterocycles. The van der Waals surface area contributed by atoms with Crippen molar-refractivity contribution in [1.29, 1.82) is 0 Å². The molecule has 0 radical (unpaired) electrons. The summed E-state index contributed by atoms with van der Waals surface area (Å²) < 4.78 is 5.22. The first-order valence-corrected chi connectivity index (χ1v) is 5.84. The van der Waals surface area contributed by atoms with E-state index in [1.807, 2.05) is 0 Å². The lowest BCUT2D eigenvalue weighted by atomic mass is 10.0. The molecule has 0 bridgehead atoms. The highest BCUT2D eigenvalue weighted by molar-refractivity contribution is 5.88. The summed E-state index contributed by atoms with van der Waals surface area (Å²) in [5.41, 5.74) is 0.0358. The number of hydrogen-bond donors (Lipinski definition) is 3. The average Bonchev–Trinajstić information content (AvgIpc) is 2.45. The Hall–Kier alpha value is -2.95. The molecule has 0 unspecified atom stereocenters. The van der Waals surface area contributed by atoms with Crippen LogP contribution < -0.4 is 5.43 Å². The van der Waals surface area contributed by atoms with Crippen LogP contribution in [-0.4, -0.2) is 15.3 Å². The molecule has 3 rings (SSSR count). The molecule has 0 amide bonds. The van der Waals surface area contributed by atoms with Crippen LogP contribution in [0.2, 0.25) is 0 Å². The van der Waals surface area contributed by atoms with E-state index < -0.39 is 11.2 Å². The molecule has 0 fully saturated rings. The molecule has 3 aromatic rings. The Bertz CT molecular complexity index is 864. The molecular formula is C15H10O5. The molecule has 5 nitrogen and oxygen atoms in total. The largest absolute Gasteiger partial charge is 0.507 e. The van der Waals surface area contributed by atoms with Gasteiger partial charge in [-0.2, -0.15) is 0 Å². The van der Waals surface area contributed by atoms with Crippen molar-refractivity contribution in [2.24, 2.45) is 0 Å². The normalized spacial score (nSPS) is 10.8. The molecule has 3 N–H and O–H groups in total. The zero-order valence-electron chi connectivity index (χ0n) is 10.2. The number of fused-ring (bicyclic) bond motifs is 1. The summed E-state index contributed by atoms with van der Waals surface area (Å²) in [5.74, 6) is -0.887. The molecule has 20 heavy (non-hydrogen) atoms. The molecular weight excluding hydrogens is 260 g/mol. The van der Waals surface area contributed by atoms with E-state index in [4.69, 9.17) is 4.42 Å². The van der Waals surface area contributed by atoms with Crippen molar-refractivity contribution in [3.05, 3.63) is 52.9 Å².